The maximum atomic E-state index is 10.6. The minimum atomic E-state index is -0.840. The lowest BCUT2D eigenvalue weighted by Gasteiger charge is -2.40. The first-order chi connectivity index (χ1) is 6.98. The SMILES string of the molecule is Cc1csc(CC2(O)CC(C(=O)O)C2)n1. The van der Waals surface area contributed by atoms with E-state index in [1.165, 1.54) is 11.3 Å². The molecule has 0 unspecified atom stereocenters. The van der Waals surface area contributed by atoms with Gasteiger partial charge in [-0.25, -0.2) is 4.98 Å². The molecule has 1 aliphatic rings. The average Bonchev–Trinajstić information content (AvgIpc) is 2.46. The van der Waals surface area contributed by atoms with E-state index in [4.69, 9.17) is 5.11 Å². The molecule has 0 amide bonds. The van der Waals surface area contributed by atoms with Crippen molar-refractivity contribution >= 4 is 17.3 Å². The molecule has 15 heavy (non-hydrogen) atoms. The fourth-order valence-corrected chi connectivity index (χ4v) is 2.85. The summed E-state index contributed by atoms with van der Waals surface area (Å²) in [5.41, 5.74) is 0.112. The number of carboxylic acid groups (broad SMARTS) is 1. The molecule has 4 nitrogen and oxygen atoms in total. The molecule has 2 rings (SSSR count). The minimum absolute atomic E-state index is 0.348. The van der Waals surface area contributed by atoms with Crippen molar-refractivity contribution in [2.45, 2.75) is 31.8 Å². The molecule has 0 aliphatic heterocycles. The maximum absolute atomic E-state index is 10.6. The summed E-state index contributed by atoms with van der Waals surface area (Å²) >= 11 is 1.52. The molecule has 2 N–H and O–H groups in total. The van der Waals surface area contributed by atoms with E-state index in [1.54, 1.807) is 0 Å². The van der Waals surface area contributed by atoms with Crippen LogP contribution in [0.5, 0.6) is 0 Å². The summed E-state index contributed by atoms with van der Waals surface area (Å²) in [5.74, 6) is -1.19. The highest BCUT2D eigenvalue weighted by Gasteiger charge is 2.46. The molecule has 1 aliphatic carbocycles. The van der Waals surface area contributed by atoms with E-state index >= 15 is 0 Å². The summed E-state index contributed by atoms with van der Waals surface area (Å²) in [4.78, 5) is 14.9. The van der Waals surface area contributed by atoms with E-state index in [1.807, 2.05) is 12.3 Å². The number of hydrogen-bond acceptors (Lipinski definition) is 4. The van der Waals surface area contributed by atoms with Crippen LogP contribution >= 0.6 is 11.3 Å². The van der Waals surface area contributed by atoms with E-state index in [2.05, 4.69) is 4.98 Å². The molecule has 0 saturated heterocycles. The molecule has 0 spiro atoms. The van der Waals surface area contributed by atoms with Gasteiger partial charge in [0.2, 0.25) is 0 Å². The van der Waals surface area contributed by atoms with E-state index in [0.29, 0.717) is 19.3 Å². The first-order valence-electron chi connectivity index (χ1n) is 4.85. The van der Waals surface area contributed by atoms with Crippen LogP contribution in [0.2, 0.25) is 0 Å². The predicted molar refractivity (Wildman–Crippen MR) is 55.9 cm³/mol. The Labute approximate surface area is 91.6 Å². The van der Waals surface area contributed by atoms with E-state index in [0.717, 1.165) is 10.7 Å². The van der Waals surface area contributed by atoms with Crippen molar-refractivity contribution in [2.24, 2.45) is 5.92 Å². The molecule has 0 atom stereocenters. The summed E-state index contributed by atoms with van der Waals surface area (Å²) in [7, 11) is 0. The van der Waals surface area contributed by atoms with Gasteiger partial charge in [-0.05, 0) is 19.8 Å². The Kier molecular flexibility index (Phi) is 2.52. The first-order valence-corrected chi connectivity index (χ1v) is 5.73. The highest BCUT2D eigenvalue weighted by Crippen LogP contribution is 2.40. The standard InChI is InChI=1S/C10H13NO3S/c1-6-5-15-8(11-6)4-10(14)2-7(3-10)9(12)13/h5,7,14H,2-4H2,1H3,(H,12,13). The first kappa shape index (κ1) is 10.6. The lowest BCUT2D eigenvalue weighted by Crippen LogP contribution is -2.48. The zero-order chi connectivity index (χ0) is 11.1. The zero-order valence-electron chi connectivity index (χ0n) is 8.43. The quantitative estimate of drug-likeness (QED) is 0.814. The predicted octanol–water partition coefficient (Wildman–Crippen LogP) is 1.22. The molecule has 1 aromatic rings. The molecule has 1 saturated carbocycles. The summed E-state index contributed by atoms with van der Waals surface area (Å²) in [6.45, 7) is 1.91. The van der Waals surface area contributed by atoms with Crippen LogP contribution in [0.1, 0.15) is 23.5 Å². The molecule has 1 heterocycles. The normalized spacial score (nSPS) is 29.9. The average molecular weight is 227 g/mol. The third-order valence-electron chi connectivity index (χ3n) is 2.75. The summed E-state index contributed by atoms with van der Waals surface area (Å²) in [5, 5.41) is 21.5. The minimum Gasteiger partial charge on any atom is -0.481 e. The maximum Gasteiger partial charge on any atom is 0.306 e. The Morgan fingerprint density at radius 3 is 2.87 bits per heavy atom. The van der Waals surface area contributed by atoms with Gasteiger partial charge in [0.15, 0.2) is 0 Å². The number of aryl methyl sites for hydroxylation is 1. The third kappa shape index (κ3) is 2.18. The van der Waals surface area contributed by atoms with Crippen LogP contribution in [-0.4, -0.2) is 26.8 Å². The van der Waals surface area contributed by atoms with E-state index in [-0.39, 0.29) is 5.92 Å². The molecular formula is C10H13NO3S. The van der Waals surface area contributed by atoms with Gasteiger partial charge in [-0.2, -0.15) is 0 Å². The topological polar surface area (TPSA) is 70.4 Å². The van der Waals surface area contributed by atoms with Crippen LogP contribution in [0, 0.1) is 12.8 Å². The largest absolute Gasteiger partial charge is 0.481 e. The highest BCUT2D eigenvalue weighted by atomic mass is 32.1. The monoisotopic (exact) mass is 227 g/mol. The number of hydrogen-bond donors (Lipinski definition) is 2. The second-order valence-corrected chi connectivity index (χ2v) is 5.17. The van der Waals surface area contributed by atoms with Crippen LogP contribution < -0.4 is 0 Å². The van der Waals surface area contributed by atoms with Crippen molar-refractivity contribution < 1.29 is 15.0 Å². The molecule has 5 heteroatoms. The summed E-state index contributed by atoms with van der Waals surface area (Å²) < 4.78 is 0. The van der Waals surface area contributed by atoms with Gasteiger partial charge in [0, 0.05) is 17.5 Å². The number of aliphatic hydroxyl groups is 1. The highest BCUT2D eigenvalue weighted by molar-refractivity contribution is 7.09. The fraction of sp³-hybridized carbons (Fsp3) is 0.600. The van der Waals surface area contributed by atoms with Gasteiger partial charge in [-0.3, -0.25) is 4.79 Å². The van der Waals surface area contributed by atoms with Gasteiger partial charge in [0.05, 0.1) is 16.5 Å². The molecule has 0 radical (unpaired) electrons. The second-order valence-electron chi connectivity index (χ2n) is 4.23. The summed E-state index contributed by atoms with van der Waals surface area (Å²) in [6.07, 6.45) is 1.18. The Morgan fingerprint density at radius 1 is 1.73 bits per heavy atom. The molecule has 82 valence electrons. The molecular weight excluding hydrogens is 214 g/mol. The van der Waals surface area contributed by atoms with Crippen molar-refractivity contribution in [3.8, 4) is 0 Å². The lowest BCUT2D eigenvalue weighted by atomic mass is 9.69. The number of rotatable bonds is 3. The Bertz CT molecular complexity index is 382. The number of thiazole rings is 1. The number of aromatic nitrogens is 1. The lowest BCUT2D eigenvalue weighted by molar-refractivity contribution is -0.158. The molecule has 0 bridgehead atoms. The molecule has 1 aromatic heterocycles. The third-order valence-corrected chi connectivity index (χ3v) is 3.72. The van der Waals surface area contributed by atoms with Gasteiger partial charge in [-0.1, -0.05) is 0 Å². The molecule has 0 aromatic carbocycles. The van der Waals surface area contributed by atoms with Crippen LogP contribution in [0.3, 0.4) is 0 Å². The number of nitrogens with zero attached hydrogens (tertiary/aromatic N) is 1. The van der Waals surface area contributed by atoms with E-state index < -0.39 is 11.6 Å². The van der Waals surface area contributed by atoms with Crippen molar-refractivity contribution in [2.75, 3.05) is 0 Å². The number of aliphatic carboxylic acids is 1. The van der Waals surface area contributed by atoms with Crippen molar-refractivity contribution in [3.63, 3.8) is 0 Å². The van der Waals surface area contributed by atoms with Gasteiger partial charge in [-0.15, -0.1) is 11.3 Å². The Hall–Kier alpha value is -0.940. The number of carboxylic acids is 1. The second kappa shape index (κ2) is 3.57. The van der Waals surface area contributed by atoms with Crippen molar-refractivity contribution in [3.05, 3.63) is 16.1 Å². The van der Waals surface area contributed by atoms with Gasteiger partial charge < -0.3 is 10.2 Å². The molecule has 1 fully saturated rings. The van der Waals surface area contributed by atoms with Gasteiger partial charge in [0.25, 0.3) is 0 Å². The van der Waals surface area contributed by atoms with Crippen LogP contribution in [0.15, 0.2) is 5.38 Å². The van der Waals surface area contributed by atoms with Crippen molar-refractivity contribution in [1.29, 1.82) is 0 Å². The van der Waals surface area contributed by atoms with Gasteiger partial charge >= 0.3 is 5.97 Å². The smallest absolute Gasteiger partial charge is 0.306 e. The Balaban J connectivity index is 1.94. The summed E-state index contributed by atoms with van der Waals surface area (Å²) in [6, 6.07) is 0. The Morgan fingerprint density at radius 2 is 2.40 bits per heavy atom. The van der Waals surface area contributed by atoms with E-state index in [9.17, 15) is 9.90 Å². The van der Waals surface area contributed by atoms with Crippen LogP contribution in [0.25, 0.3) is 0 Å². The number of carbonyl (C=O) groups is 1. The van der Waals surface area contributed by atoms with Crippen molar-refractivity contribution in [1.82, 2.24) is 4.98 Å². The van der Waals surface area contributed by atoms with Crippen LogP contribution in [0.4, 0.5) is 0 Å². The zero-order valence-corrected chi connectivity index (χ0v) is 9.25. The fourth-order valence-electron chi connectivity index (χ4n) is 1.94. The van der Waals surface area contributed by atoms with Gasteiger partial charge in [0.1, 0.15) is 0 Å². The van der Waals surface area contributed by atoms with Crippen LogP contribution in [-0.2, 0) is 11.2 Å².